The predicted octanol–water partition coefficient (Wildman–Crippen LogP) is 4.25. The predicted molar refractivity (Wildman–Crippen MR) is 70.1 cm³/mol. The molecule has 0 saturated heterocycles. The molecule has 0 saturated carbocycles. The molecular formula is C15H11ClF2O. The molecule has 0 N–H and O–H groups in total. The van der Waals surface area contributed by atoms with Gasteiger partial charge in [0.25, 0.3) is 0 Å². The highest BCUT2D eigenvalue weighted by atomic mass is 35.5. The summed E-state index contributed by atoms with van der Waals surface area (Å²) in [7, 11) is 0. The van der Waals surface area contributed by atoms with Crippen LogP contribution in [0.1, 0.15) is 23.5 Å². The Labute approximate surface area is 114 Å². The number of hydrogen-bond donors (Lipinski definition) is 0. The summed E-state index contributed by atoms with van der Waals surface area (Å²) < 4.78 is 26.2. The van der Waals surface area contributed by atoms with Gasteiger partial charge in [-0.3, -0.25) is 4.79 Å². The molecular weight excluding hydrogens is 270 g/mol. The average Bonchev–Trinajstić information content (AvgIpc) is 2.37. The van der Waals surface area contributed by atoms with Crippen molar-refractivity contribution in [1.29, 1.82) is 0 Å². The number of benzene rings is 2. The van der Waals surface area contributed by atoms with E-state index < -0.39 is 5.24 Å². The fourth-order valence-corrected chi connectivity index (χ4v) is 2.16. The molecule has 0 aliphatic rings. The van der Waals surface area contributed by atoms with Crippen molar-refractivity contribution in [2.75, 3.05) is 0 Å². The van der Waals surface area contributed by atoms with Gasteiger partial charge in [-0.05, 0) is 47.0 Å². The second-order valence-corrected chi connectivity index (χ2v) is 4.64. The molecule has 1 nitrogen and oxygen atoms in total. The molecule has 4 heteroatoms. The first-order chi connectivity index (χ1) is 9.06. The molecule has 2 aromatic carbocycles. The van der Waals surface area contributed by atoms with Gasteiger partial charge in [0.15, 0.2) is 0 Å². The average molecular weight is 281 g/mol. The third kappa shape index (κ3) is 3.61. The third-order valence-electron chi connectivity index (χ3n) is 2.89. The molecule has 1 unspecified atom stereocenters. The van der Waals surface area contributed by atoms with Crippen LogP contribution in [0.25, 0.3) is 0 Å². The van der Waals surface area contributed by atoms with Crippen LogP contribution >= 0.6 is 11.6 Å². The number of rotatable bonds is 4. The molecule has 0 aliphatic carbocycles. The Hall–Kier alpha value is -1.74. The molecule has 0 heterocycles. The molecule has 0 radical (unpaired) electrons. The molecule has 98 valence electrons. The van der Waals surface area contributed by atoms with Gasteiger partial charge in [-0.2, -0.15) is 0 Å². The van der Waals surface area contributed by atoms with Crippen LogP contribution in [-0.4, -0.2) is 5.24 Å². The quantitative estimate of drug-likeness (QED) is 0.765. The molecule has 0 fully saturated rings. The van der Waals surface area contributed by atoms with Crippen LogP contribution in [0.3, 0.4) is 0 Å². The monoisotopic (exact) mass is 280 g/mol. The first-order valence-electron chi connectivity index (χ1n) is 5.75. The summed E-state index contributed by atoms with van der Waals surface area (Å²) in [5.74, 6) is -1.12. The van der Waals surface area contributed by atoms with Crippen LogP contribution in [0.2, 0.25) is 0 Å². The van der Waals surface area contributed by atoms with E-state index in [-0.39, 0.29) is 24.0 Å². The Morgan fingerprint density at radius 1 is 1.00 bits per heavy atom. The summed E-state index contributed by atoms with van der Waals surface area (Å²) in [4.78, 5) is 11.2. The Morgan fingerprint density at radius 3 is 2.26 bits per heavy atom. The molecule has 2 rings (SSSR count). The Kier molecular flexibility index (Phi) is 4.27. The normalized spacial score (nSPS) is 12.2. The van der Waals surface area contributed by atoms with Crippen molar-refractivity contribution >= 4 is 16.8 Å². The van der Waals surface area contributed by atoms with Gasteiger partial charge in [0.2, 0.25) is 5.24 Å². The Bertz CT molecular complexity index is 581. The van der Waals surface area contributed by atoms with E-state index in [1.165, 1.54) is 24.3 Å². The molecule has 2 aromatic rings. The minimum atomic E-state index is -0.515. The smallest absolute Gasteiger partial charge is 0.222 e. The van der Waals surface area contributed by atoms with Gasteiger partial charge in [-0.25, -0.2) is 8.78 Å². The van der Waals surface area contributed by atoms with Crippen molar-refractivity contribution in [3.05, 3.63) is 71.3 Å². The zero-order chi connectivity index (χ0) is 13.8. The van der Waals surface area contributed by atoms with Crippen molar-refractivity contribution < 1.29 is 13.6 Å². The number of hydrogen-bond acceptors (Lipinski definition) is 1. The minimum Gasteiger partial charge on any atom is -0.281 e. The van der Waals surface area contributed by atoms with E-state index in [2.05, 4.69) is 0 Å². The highest BCUT2D eigenvalue weighted by Crippen LogP contribution is 2.29. The zero-order valence-electron chi connectivity index (χ0n) is 9.95. The van der Waals surface area contributed by atoms with Crippen LogP contribution in [0.4, 0.5) is 8.78 Å². The molecule has 0 bridgehead atoms. The summed E-state index contributed by atoms with van der Waals surface area (Å²) >= 11 is 5.44. The maximum absolute atomic E-state index is 13.3. The van der Waals surface area contributed by atoms with Gasteiger partial charge in [0.1, 0.15) is 11.6 Å². The first kappa shape index (κ1) is 13.7. The van der Waals surface area contributed by atoms with E-state index in [1.54, 1.807) is 24.3 Å². The van der Waals surface area contributed by atoms with Crippen LogP contribution in [0.5, 0.6) is 0 Å². The Balaban J connectivity index is 2.40. The summed E-state index contributed by atoms with van der Waals surface area (Å²) in [5, 5.41) is -0.515. The molecule has 1 atom stereocenters. The van der Waals surface area contributed by atoms with E-state index in [1.807, 2.05) is 0 Å². The van der Waals surface area contributed by atoms with Crippen molar-refractivity contribution in [3.8, 4) is 0 Å². The first-order valence-corrected chi connectivity index (χ1v) is 6.13. The molecule has 0 aliphatic heterocycles. The lowest BCUT2D eigenvalue weighted by Gasteiger charge is -2.16. The van der Waals surface area contributed by atoms with E-state index in [0.29, 0.717) is 5.56 Å². The number of carbonyl (C=O) groups is 1. The van der Waals surface area contributed by atoms with Crippen molar-refractivity contribution in [3.63, 3.8) is 0 Å². The minimum absolute atomic E-state index is 0.0383. The molecule has 0 aromatic heterocycles. The largest absolute Gasteiger partial charge is 0.281 e. The summed E-state index contributed by atoms with van der Waals surface area (Å²) in [6.07, 6.45) is 0.0383. The van der Waals surface area contributed by atoms with E-state index in [4.69, 9.17) is 11.6 Å². The highest BCUT2D eigenvalue weighted by molar-refractivity contribution is 6.63. The lowest BCUT2D eigenvalue weighted by atomic mass is 9.89. The van der Waals surface area contributed by atoms with Crippen LogP contribution in [0, 0.1) is 11.6 Å². The maximum atomic E-state index is 13.3. The van der Waals surface area contributed by atoms with Crippen LogP contribution in [-0.2, 0) is 4.79 Å². The highest BCUT2D eigenvalue weighted by Gasteiger charge is 2.17. The van der Waals surface area contributed by atoms with Gasteiger partial charge in [0, 0.05) is 12.3 Å². The van der Waals surface area contributed by atoms with E-state index in [0.717, 1.165) is 5.56 Å². The molecule has 0 spiro atoms. The summed E-state index contributed by atoms with van der Waals surface area (Å²) in [5.41, 5.74) is 1.36. The summed E-state index contributed by atoms with van der Waals surface area (Å²) in [6, 6.07) is 11.7. The standard InChI is InChI=1S/C15H11ClF2O/c16-15(19)9-14(10-4-6-12(17)7-5-10)11-2-1-3-13(18)8-11/h1-8,14H,9H2. The SMILES string of the molecule is O=C(Cl)CC(c1ccc(F)cc1)c1cccc(F)c1. The van der Waals surface area contributed by atoms with Gasteiger partial charge < -0.3 is 0 Å². The van der Waals surface area contributed by atoms with Crippen molar-refractivity contribution in [2.45, 2.75) is 12.3 Å². The van der Waals surface area contributed by atoms with Gasteiger partial charge >= 0.3 is 0 Å². The van der Waals surface area contributed by atoms with Crippen LogP contribution < -0.4 is 0 Å². The number of halogens is 3. The van der Waals surface area contributed by atoms with Crippen molar-refractivity contribution in [1.82, 2.24) is 0 Å². The van der Waals surface area contributed by atoms with Gasteiger partial charge in [-0.15, -0.1) is 0 Å². The second kappa shape index (κ2) is 5.93. The third-order valence-corrected chi connectivity index (χ3v) is 3.04. The topological polar surface area (TPSA) is 17.1 Å². The zero-order valence-corrected chi connectivity index (χ0v) is 10.7. The fraction of sp³-hybridized carbons (Fsp3) is 0.133. The second-order valence-electron chi connectivity index (χ2n) is 4.22. The summed E-state index contributed by atoms with van der Waals surface area (Å²) in [6.45, 7) is 0. The van der Waals surface area contributed by atoms with Gasteiger partial charge in [-0.1, -0.05) is 24.3 Å². The lowest BCUT2D eigenvalue weighted by molar-refractivity contribution is -0.111. The van der Waals surface area contributed by atoms with Crippen molar-refractivity contribution in [2.24, 2.45) is 0 Å². The lowest BCUT2D eigenvalue weighted by Crippen LogP contribution is -2.05. The fourth-order valence-electron chi connectivity index (χ4n) is 2.01. The molecule has 0 amide bonds. The van der Waals surface area contributed by atoms with E-state index >= 15 is 0 Å². The maximum Gasteiger partial charge on any atom is 0.222 e. The number of carbonyl (C=O) groups excluding carboxylic acids is 1. The molecule has 19 heavy (non-hydrogen) atoms. The van der Waals surface area contributed by atoms with E-state index in [9.17, 15) is 13.6 Å². The Morgan fingerprint density at radius 2 is 1.68 bits per heavy atom. The van der Waals surface area contributed by atoms with Crippen LogP contribution in [0.15, 0.2) is 48.5 Å². The van der Waals surface area contributed by atoms with Gasteiger partial charge in [0.05, 0.1) is 0 Å².